The predicted octanol–water partition coefficient (Wildman–Crippen LogP) is 3.24. The molecule has 1 aromatic carbocycles. The highest BCUT2D eigenvalue weighted by Gasteiger charge is 2.36. The maximum Gasteiger partial charge on any atom is 0.336 e. The fourth-order valence-corrected chi connectivity index (χ4v) is 4.41. The van der Waals surface area contributed by atoms with Gasteiger partial charge in [-0.05, 0) is 31.5 Å². The molecule has 1 atom stereocenters. The molecule has 0 spiro atoms. The van der Waals surface area contributed by atoms with Crippen molar-refractivity contribution >= 4 is 29.5 Å². The Morgan fingerprint density at radius 1 is 1.21 bits per heavy atom. The van der Waals surface area contributed by atoms with E-state index in [1.807, 2.05) is 0 Å². The van der Waals surface area contributed by atoms with Crippen molar-refractivity contribution in [2.75, 3.05) is 32.4 Å². The standard InChI is InChI=1S/C23H24N4O6S/c1-12-8-18(27-33-12)26-19(28)11-34-22-15(10-24)21(20(13(2)25-22)23(29)32-5)14-6-7-16(30-3)17(9-14)31-4/h6-9,21,25H,11H2,1-5H3,(H,26,27,28). The lowest BCUT2D eigenvalue weighted by Gasteiger charge is -2.29. The Morgan fingerprint density at radius 2 is 1.94 bits per heavy atom. The molecule has 10 nitrogen and oxygen atoms in total. The molecule has 2 aromatic rings. The van der Waals surface area contributed by atoms with Gasteiger partial charge >= 0.3 is 5.97 Å². The van der Waals surface area contributed by atoms with Crippen molar-refractivity contribution in [1.29, 1.82) is 5.26 Å². The number of aryl methyl sites for hydroxylation is 1. The molecule has 2 heterocycles. The van der Waals surface area contributed by atoms with Crippen LogP contribution in [0.1, 0.15) is 24.2 Å². The lowest BCUT2D eigenvalue weighted by atomic mass is 9.82. The van der Waals surface area contributed by atoms with Gasteiger partial charge in [-0.2, -0.15) is 5.26 Å². The molecule has 178 valence electrons. The molecule has 0 aliphatic carbocycles. The van der Waals surface area contributed by atoms with Crippen LogP contribution in [0.15, 0.2) is 50.7 Å². The fraction of sp³-hybridized carbons (Fsp3) is 0.304. The highest BCUT2D eigenvalue weighted by molar-refractivity contribution is 8.03. The number of hydrogen-bond acceptors (Lipinski definition) is 10. The number of amides is 1. The zero-order chi connectivity index (χ0) is 24.8. The summed E-state index contributed by atoms with van der Waals surface area (Å²) in [4.78, 5) is 25.1. The summed E-state index contributed by atoms with van der Waals surface area (Å²) < 4.78 is 20.7. The normalized spacial score (nSPS) is 15.4. The molecule has 1 unspecified atom stereocenters. The van der Waals surface area contributed by atoms with E-state index in [4.69, 9.17) is 18.7 Å². The summed E-state index contributed by atoms with van der Waals surface area (Å²) in [6.45, 7) is 3.43. The van der Waals surface area contributed by atoms with Gasteiger partial charge in [-0.15, -0.1) is 0 Å². The van der Waals surface area contributed by atoms with Gasteiger partial charge in [0.05, 0.1) is 55.2 Å². The molecule has 0 saturated heterocycles. The van der Waals surface area contributed by atoms with E-state index in [1.54, 1.807) is 38.1 Å². The van der Waals surface area contributed by atoms with Crippen LogP contribution in [-0.2, 0) is 14.3 Å². The quantitative estimate of drug-likeness (QED) is 0.537. The molecular formula is C23H24N4O6S. The predicted molar refractivity (Wildman–Crippen MR) is 125 cm³/mol. The van der Waals surface area contributed by atoms with Gasteiger partial charge < -0.3 is 29.4 Å². The third-order valence-corrected chi connectivity index (χ3v) is 6.05. The van der Waals surface area contributed by atoms with Crippen LogP contribution in [0.2, 0.25) is 0 Å². The van der Waals surface area contributed by atoms with Crippen LogP contribution in [0.25, 0.3) is 0 Å². The monoisotopic (exact) mass is 484 g/mol. The van der Waals surface area contributed by atoms with Gasteiger partial charge in [0.25, 0.3) is 0 Å². The van der Waals surface area contributed by atoms with Crippen molar-refractivity contribution in [2.24, 2.45) is 0 Å². The molecule has 11 heteroatoms. The molecule has 1 aromatic heterocycles. The first-order valence-electron chi connectivity index (χ1n) is 10.1. The van der Waals surface area contributed by atoms with E-state index in [9.17, 15) is 14.9 Å². The number of benzene rings is 1. The van der Waals surface area contributed by atoms with Crippen LogP contribution in [-0.4, -0.2) is 44.1 Å². The van der Waals surface area contributed by atoms with Crippen LogP contribution in [0, 0.1) is 18.3 Å². The Kier molecular flexibility index (Phi) is 7.86. The highest BCUT2D eigenvalue weighted by Crippen LogP contribution is 2.43. The van der Waals surface area contributed by atoms with Gasteiger partial charge in [0, 0.05) is 11.8 Å². The van der Waals surface area contributed by atoms with Crippen LogP contribution in [0.5, 0.6) is 11.5 Å². The summed E-state index contributed by atoms with van der Waals surface area (Å²) in [5.41, 5.74) is 1.71. The molecule has 1 aliphatic heterocycles. The average Bonchev–Trinajstić information content (AvgIpc) is 3.25. The number of ether oxygens (including phenoxy) is 3. The number of nitriles is 1. The van der Waals surface area contributed by atoms with Crippen LogP contribution in [0.3, 0.4) is 0 Å². The van der Waals surface area contributed by atoms with Gasteiger partial charge in [-0.25, -0.2) is 4.79 Å². The Hall–Kier alpha value is -3.91. The van der Waals surface area contributed by atoms with Crippen molar-refractivity contribution in [3.05, 3.63) is 57.5 Å². The van der Waals surface area contributed by atoms with Gasteiger partial charge in [0.1, 0.15) is 5.76 Å². The molecule has 1 amide bonds. The summed E-state index contributed by atoms with van der Waals surface area (Å²) in [5.74, 6) is 0.211. The fourth-order valence-electron chi connectivity index (χ4n) is 3.51. The Bertz CT molecular complexity index is 1210. The molecule has 3 rings (SSSR count). The summed E-state index contributed by atoms with van der Waals surface area (Å²) in [7, 11) is 4.31. The first-order chi connectivity index (χ1) is 16.3. The summed E-state index contributed by atoms with van der Waals surface area (Å²) in [5, 5.41) is 20.0. The zero-order valence-electron chi connectivity index (χ0n) is 19.3. The second-order valence-corrected chi connectivity index (χ2v) is 8.20. The number of carbonyl (C=O) groups excluding carboxylic acids is 2. The maximum absolute atomic E-state index is 12.7. The SMILES string of the molecule is COC(=O)C1=C(C)NC(SCC(=O)Nc2cc(C)on2)=C(C#N)C1c1ccc(OC)c(OC)c1. The Labute approximate surface area is 200 Å². The Morgan fingerprint density at radius 3 is 2.53 bits per heavy atom. The summed E-state index contributed by atoms with van der Waals surface area (Å²) in [6.07, 6.45) is 0. The second kappa shape index (κ2) is 10.8. The number of carbonyl (C=O) groups is 2. The van der Waals surface area contributed by atoms with Crippen molar-refractivity contribution in [1.82, 2.24) is 10.5 Å². The smallest absolute Gasteiger partial charge is 0.336 e. The molecule has 2 N–H and O–H groups in total. The average molecular weight is 485 g/mol. The highest BCUT2D eigenvalue weighted by atomic mass is 32.2. The van der Waals surface area contributed by atoms with Gasteiger partial charge in [-0.3, -0.25) is 4.79 Å². The number of thioether (sulfide) groups is 1. The van der Waals surface area contributed by atoms with Gasteiger partial charge in [0.15, 0.2) is 17.3 Å². The first-order valence-corrected chi connectivity index (χ1v) is 11.1. The maximum atomic E-state index is 12.7. The third-order valence-electron chi connectivity index (χ3n) is 5.04. The third kappa shape index (κ3) is 5.18. The van der Waals surface area contributed by atoms with E-state index >= 15 is 0 Å². The number of nitrogens with one attached hydrogen (secondary N) is 2. The minimum absolute atomic E-state index is 0.00108. The van der Waals surface area contributed by atoms with E-state index in [0.29, 0.717) is 39.4 Å². The zero-order valence-corrected chi connectivity index (χ0v) is 20.2. The van der Waals surface area contributed by atoms with Crippen molar-refractivity contribution in [2.45, 2.75) is 19.8 Å². The van der Waals surface area contributed by atoms with E-state index < -0.39 is 11.9 Å². The van der Waals surface area contributed by atoms with Crippen LogP contribution >= 0.6 is 11.8 Å². The number of nitrogens with zero attached hydrogens (tertiary/aromatic N) is 2. The lowest BCUT2D eigenvalue weighted by molar-refractivity contribution is -0.136. The lowest BCUT2D eigenvalue weighted by Crippen LogP contribution is -2.29. The van der Waals surface area contributed by atoms with E-state index in [0.717, 1.165) is 11.8 Å². The summed E-state index contributed by atoms with van der Waals surface area (Å²) >= 11 is 1.14. The van der Waals surface area contributed by atoms with Crippen molar-refractivity contribution in [3.8, 4) is 17.6 Å². The number of allylic oxidation sites excluding steroid dienone is 2. The first kappa shape index (κ1) is 24.7. The molecule has 0 saturated carbocycles. The number of aromatic nitrogens is 1. The molecule has 0 radical (unpaired) electrons. The van der Waals surface area contributed by atoms with Crippen molar-refractivity contribution < 1.29 is 28.3 Å². The van der Waals surface area contributed by atoms with E-state index in [2.05, 4.69) is 21.9 Å². The molecule has 0 bridgehead atoms. The number of methoxy groups -OCH3 is 3. The molecular weight excluding hydrogens is 460 g/mol. The number of dihydropyridines is 1. The number of anilines is 1. The van der Waals surface area contributed by atoms with Gasteiger partial charge in [-0.1, -0.05) is 23.0 Å². The van der Waals surface area contributed by atoms with E-state index in [1.165, 1.54) is 21.3 Å². The second-order valence-electron chi connectivity index (χ2n) is 7.22. The largest absolute Gasteiger partial charge is 0.493 e. The number of esters is 1. The molecule has 34 heavy (non-hydrogen) atoms. The Balaban J connectivity index is 1.96. The number of hydrogen-bond donors (Lipinski definition) is 2. The minimum atomic E-state index is -0.734. The minimum Gasteiger partial charge on any atom is -0.493 e. The topological polar surface area (TPSA) is 136 Å². The van der Waals surface area contributed by atoms with Crippen LogP contribution < -0.4 is 20.1 Å². The van der Waals surface area contributed by atoms with Crippen molar-refractivity contribution in [3.63, 3.8) is 0 Å². The van der Waals surface area contributed by atoms with Crippen LogP contribution in [0.4, 0.5) is 5.82 Å². The number of rotatable bonds is 8. The molecule has 1 aliphatic rings. The van der Waals surface area contributed by atoms with E-state index in [-0.39, 0.29) is 22.8 Å². The van der Waals surface area contributed by atoms with Gasteiger partial charge in [0.2, 0.25) is 5.91 Å². The molecule has 0 fully saturated rings. The summed E-state index contributed by atoms with van der Waals surface area (Å²) in [6, 6.07) is 8.97.